The average Bonchev–Trinajstić information content (AvgIpc) is 2.12. The van der Waals surface area contributed by atoms with Crippen LogP contribution in [-0.2, 0) is 0 Å². The predicted molar refractivity (Wildman–Crippen MR) is 30.5 cm³/mol. The number of hydrogen-bond acceptors (Lipinski definition) is 1. The predicted octanol–water partition coefficient (Wildman–Crippen LogP) is 0.582. The van der Waals surface area contributed by atoms with Gasteiger partial charge in [-0.05, 0) is 5.54 Å². The lowest BCUT2D eigenvalue weighted by atomic mass is 11.0. The van der Waals surface area contributed by atoms with Crippen LogP contribution in [0.2, 0.25) is 5.54 Å². The Morgan fingerprint density at radius 1 is 1.60 bits per heavy atom. The molecule has 0 amide bonds. The van der Waals surface area contributed by atoms with E-state index in [1.54, 1.807) is 0 Å². The molecule has 1 aliphatic rings. The fraction of sp³-hybridized carbons (Fsp3) is 1.00. The van der Waals surface area contributed by atoms with E-state index >= 15 is 0 Å². The Kier molecular flexibility index (Phi) is 1.01. The van der Waals surface area contributed by atoms with Crippen LogP contribution >= 0.6 is 12.1 Å². The highest BCUT2D eigenvalue weighted by Crippen LogP contribution is 2.35. The van der Waals surface area contributed by atoms with Gasteiger partial charge in [0.1, 0.15) is 0 Å². The van der Waals surface area contributed by atoms with Crippen molar-refractivity contribution < 1.29 is 0 Å². The first-order chi connectivity index (χ1) is 2.43. The van der Waals surface area contributed by atoms with Gasteiger partial charge in [-0.2, -0.15) is 0 Å². The summed E-state index contributed by atoms with van der Waals surface area (Å²) in [6, 6.07) is 0. The lowest BCUT2D eigenvalue weighted by Crippen LogP contribution is -1.67. The molecule has 0 atom stereocenters. The number of hydrogen-bond donors (Lipinski definition) is 1. The van der Waals surface area contributed by atoms with Crippen molar-refractivity contribution in [3.8, 4) is 0 Å². The average molecular weight is 104 g/mol. The fourth-order valence-corrected chi connectivity index (χ4v) is 2.00. The van der Waals surface area contributed by atoms with Gasteiger partial charge in [-0.15, -0.1) is 0 Å². The molecule has 1 fully saturated rings. The van der Waals surface area contributed by atoms with E-state index in [-0.39, 0.29) is 8.67 Å². The first-order valence-corrected chi connectivity index (χ1v) is 5.39. The van der Waals surface area contributed by atoms with Crippen molar-refractivity contribution in [2.24, 2.45) is 0 Å². The molecule has 0 nitrogen and oxygen atoms in total. The standard InChI is InChI=1S/C3H8SSi/c4-5-3-1-2-3/h3-4H,1-2,5H2. The van der Waals surface area contributed by atoms with Crippen LogP contribution in [0.15, 0.2) is 0 Å². The van der Waals surface area contributed by atoms with Crippen LogP contribution < -0.4 is 0 Å². The monoisotopic (exact) mass is 104 g/mol. The Morgan fingerprint density at radius 2 is 2.20 bits per heavy atom. The maximum absolute atomic E-state index is 4.22. The summed E-state index contributed by atoms with van der Waals surface area (Å²) in [6.07, 6.45) is 2.99. The van der Waals surface area contributed by atoms with Gasteiger partial charge in [0, 0.05) is 0 Å². The molecule has 0 radical (unpaired) electrons. The third kappa shape index (κ3) is 0.971. The van der Waals surface area contributed by atoms with Crippen molar-refractivity contribution in [3.63, 3.8) is 0 Å². The van der Waals surface area contributed by atoms with Gasteiger partial charge >= 0.3 is 0 Å². The Labute approximate surface area is 39.8 Å². The lowest BCUT2D eigenvalue weighted by Gasteiger charge is -1.70. The van der Waals surface area contributed by atoms with E-state index in [2.05, 4.69) is 12.1 Å². The first kappa shape index (κ1) is 3.75. The summed E-state index contributed by atoms with van der Waals surface area (Å²) in [6.45, 7) is 0. The number of thiol groups is 1. The summed E-state index contributed by atoms with van der Waals surface area (Å²) in [5.41, 5.74) is 1.14. The van der Waals surface area contributed by atoms with Crippen molar-refractivity contribution in [3.05, 3.63) is 0 Å². The summed E-state index contributed by atoms with van der Waals surface area (Å²) >= 11 is 4.22. The molecule has 30 valence electrons. The van der Waals surface area contributed by atoms with Gasteiger partial charge in [-0.3, -0.25) is 0 Å². The zero-order chi connectivity index (χ0) is 3.70. The second-order valence-electron chi connectivity index (χ2n) is 1.63. The van der Waals surface area contributed by atoms with Crippen molar-refractivity contribution >= 4 is 20.7 Å². The first-order valence-electron chi connectivity index (χ1n) is 2.04. The van der Waals surface area contributed by atoms with Crippen LogP contribution in [-0.4, -0.2) is 8.67 Å². The van der Waals surface area contributed by atoms with E-state index in [9.17, 15) is 0 Å². The highest BCUT2D eigenvalue weighted by molar-refractivity contribution is 8.07. The Morgan fingerprint density at radius 3 is 2.20 bits per heavy atom. The van der Waals surface area contributed by atoms with Crippen LogP contribution in [0.1, 0.15) is 12.8 Å². The van der Waals surface area contributed by atoms with Crippen LogP contribution in [0.25, 0.3) is 0 Å². The van der Waals surface area contributed by atoms with Gasteiger partial charge in [0.05, 0.1) is 8.67 Å². The normalized spacial score (nSPS) is 25.8. The second-order valence-corrected chi connectivity index (χ2v) is 4.24. The summed E-state index contributed by atoms with van der Waals surface area (Å²) in [4.78, 5) is 0. The molecule has 0 heterocycles. The molecule has 0 spiro atoms. The molecule has 1 aliphatic carbocycles. The smallest absolute Gasteiger partial charge is 0.0843 e. The van der Waals surface area contributed by atoms with Crippen LogP contribution in [0.3, 0.4) is 0 Å². The van der Waals surface area contributed by atoms with Crippen molar-refractivity contribution in [2.45, 2.75) is 18.4 Å². The highest BCUT2D eigenvalue weighted by atomic mass is 32.3. The maximum atomic E-state index is 4.22. The van der Waals surface area contributed by atoms with E-state index in [1.807, 2.05) is 0 Å². The Bertz CT molecular complexity index is 33.9. The van der Waals surface area contributed by atoms with Gasteiger partial charge < -0.3 is 0 Å². The van der Waals surface area contributed by atoms with Gasteiger partial charge in [0.2, 0.25) is 0 Å². The molecule has 5 heavy (non-hydrogen) atoms. The number of rotatable bonds is 1. The van der Waals surface area contributed by atoms with Gasteiger partial charge in [0.25, 0.3) is 0 Å². The van der Waals surface area contributed by atoms with Crippen molar-refractivity contribution in [1.29, 1.82) is 0 Å². The van der Waals surface area contributed by atoms with E-state index in [0.717, 1.165) is 5.54 Å². The molecule has 0 aromatic rings. The van der Waals surface area contributed by atoms with Crippen LogP contribution in [0, 0.1) is 0 Å². The van der Waals surface area contributed by atoms with Gasteiger partial charge in [-0.1, -0.05) is 12.8 Å². The molecule has 0 aliphatic heterocycles. The third-order valence-corrected chi connectivity index (χ3v) is 3.84. The second kappa shape index (κ2) is 1.35. The van der Waals surface area contributed by atoms with Gasteiger partial charge in [-0.25, -0.2) is 12.1 Å². The molecule has 0 aromatic carbocycles. The van der Waals surface area contributed by atoms with Crippen molar-refractivity contribution in [2.75, 3.05) is 0 Å². The fourth-order valence-electron chi connectivity index (χ4n) is 0.300. The van der Waals surface area contributed by atoms with E-state index in [0.29, 0.717) is 0 Å². The summed E-state index contributed by atoms with van der Waals surface area (Å²) in [5, 5.41) is 0. The minimum absolute atomic E-state index is 0.154. The summed E-state index contributed by atoms with van der Waals surface area (Å²) < 4.78 is 0. The summed E-state index contributed by atoms with van der Waals surface area (Å²) in [7, 11) is 0.154. The lowest BCUT2D eigenvalue weighted by molar-refractivity contribution is 1.47. The zero-order valence-corrected chi connectivity index (χ0v) is 5.45. The Balaban J connectivity index is 2.00. The summed E-state index contributed by atoms with van der Waals surface area (Å²) in [5.74, 6) is 0. The maximum Gasteiger partial charge on any atom is 0.0843 e. The Hall–Kier alpha value is 0.567. The third-order valence-electron chi connectivity index (χ3n) is 0.955. The van der Waals surface area contributed by atoms with Gasteiger partial charge in [0.15, 0.2) is 0 Å². The molecule has 0 aromatic heterocycles. The van der Waals surface area contributed by atoms with E-state index in [1.165, 1.54) is 12.8 Å². The SMILES string of the molecule is S[SiH2]C1CC1. The minimum Gasteiger partial charge on any atom is -0.210 e. The minimum atomic E-state index is 0.154. The molecule has 1 rings (SSSR count). The molecule has 0 saturated heterocycles. The largest absolute Gasteiger partial charge is 0.210 e. The van der Waals surface area contributed by atoms with E-state index < -0.39 is 0 Å². The highest BCUT2D eigenvalue weighted by Gasteiger charge is 2.18. The topological polar surface area (TPSA) is 0 Å². The molecular formula is C3H8SSi. The molecule has 0 bridgehead atoms. The molecular weight excluding hydrogens is 96.2 g/mol. The van der Waals surface area contributed by atoms with E-state index in [4.69, 9.17) is 0 Å². The van der Waals surface area contributed by atoms with Crippen molar-refractivity contribution in [1.82, 2.24) is 0 Å². The molecule has 2 heteroatoms. The van der Waals surface area contributed by atoms with Crippen LogP contribution in [0.5, 0.6) is 0 Å². The quantitative estimate of drug-likeness (QED) is 0.365. The zero-order valence-electron chi connectivity index (χ0n) is 3.15. The molecule has 0 N–H and O–H groups in total. The van der Waals surface area contributed by atoms with Crippen LogP contribution in [0.4, 0.5) is 0 Å². The molecule has 1 saturated carbocycles. The molecule has 0 unspecified atom stereocenters.